The SMILES string of the molecule is CN(Cc1ccccc1)c1ccn([C@@H]2O[C@H](CO)[C@H](O)[C@H]2O)c(=O)n1. The van der Waals surface area contributed by atoms with E-state index in [1.54, 1.807) is 6.07 Å². The quantitative estimate of drug-likeness (QED) is 0.669. The zero-order valence-corrected chi connectivity index (χ0v) is 13.8. The average Bonchev–Trinajstić information content (AvgIpc) is 2.90. The number of aliphatic hydroxyl groups is 3. The van der Waals surface area contributed by atoms with Crippen LogP contribution in [0.1, 0.15) is 11.8 Å². The average molecular weight is 347 g/mol. The fraction of sp³-hybridized carbons (Fsp3) is 0.412. The lowest BCUT2D eigenvalue weighted by atomic mass is 10.1. The predicted molar refractivity (Wildman–Crippen MR) is 90.1 cm³/mol. The summed E-state index contributed by atoms with van der Waals surface area (Å²) >= 11 is 0. The monoisotopic (exact) mass is 347 g/mol. The highest BCUT2D eigenvalue weighted by atomic mass is 16.6. The maximum Gasteiger partial charge on any atom is 0.351 e. The molecule has 8 nitrogen and oxygen atoms in total. The third-order valence-electron chi connectivity index (χ3n) is 4.26. The number of rotatable bonds is 5. The van der Waals surface area contributed by atoms with Crippen LogP contribution in [0.25, 0.3) is 0 Å². The molecule has 1 aliphatic rings. The fourth-order valence-electron chi connectivity index (χ4n) is 2.86. The molecule has 0 radical (unpaired) electrons. The van der Waals surface area contributed by atoms with E-state index in [2.05, 4.69) is 4.98 Å². The lowest BCUT2D eigenvalue weighted by Crippen LogP contribution is -2.36. The van der Waals surface area contributed by atoms with Crippen LogP contribution in [-0.2, 0) is 11.3 Å². The number of benzene rings is 1. The van der Waals surface area contributed by atoms with Gasteiger partial charge in [-0.25, -0.2) is 4.79 Å². The Hall–Kier alpha value is -2.26. The molecule has 2 aromatic rings. The summed E-state index contributed by atoms with van der Waals surface area (Å²) in [7, 11) is 1.82. The zero-order chi connectivity index (χ0) is 18.0. The van der Waals surface area contributed by atoms with Crippen LogP contribution in [0.5, 0.6) is 0 Å². The van der Waals surface area contributed by atoms with Crippen LogP contribution < -0.4 is 10.6 Å². The first-order chi connectivity index (χ1) is 12.0. The van der Waals surface area contributed by atoms with Crippen molar-refractivity contribution < 1.29 is 20.1 Å². The molecule has 0 amide bonds. The van der Waals surface area contributed by atoms with Gasteiger partial charge in [-0.2, -0.15) is 4.98 Å². The molecule has 0 bridgehead atoms. The lowest BCUT2D eigenvalue weighted by Gasteiger charge is -2.21. The molecule has 0 aliphatic carbocycles. The van der Waals surface area contributed by atoms with E-state index in [1.165, 1.54) is 6.20 Å². The summed E-state index contributed by atoms with van der Waals surface area (Å²) in [6.45, 7) is 0.139. The second kappa shape index (κ2) is 7.32. The lowest BCUT2D eigenvalue weighted by molar-refractivity contribution is -0.0549. The fourth-order valence-corrected chi connectivity index (χ4v) is 2.86. The van der Waals surface area contributed by atoms with Crippen LogP contribution in [0.3, 0.4) is 0 Å². The number of nitrogens with zero attached hydrogens (tertiary/aromatic N) is 3. The second-order valence-electron chi connectivity index (χ2n) is 6.05. The van der Waals surface area contributed by atoms with Gasteiger partial charge >= 0.3 is 5.69 Å². The molecule has 1 aliphatic heterocycles. The standard InChI is InChI=1S/C17H21N3O5/c1-19(9-11-5-3-2-4-6-11)13-7-8-20(17(24)18-13)16-15(23)14(22)12(10-21)25-16/h2-8,12,14-16,21-23H,9-10H2,1H3/t12-,14+,15-,16-/m1/s1. The maximum atomic E-state index is 12.3. The highest BCUT2D eigenvalue weighted by Gasteiger charge is 2.43. The van der Waals surface area contributed by atoms with E-state index in [0.29, 0.717) is 12.4 Å². The Kier molecular flexibility index (Phi) is 5.14. The molecule has 3 N–H and O–H groups in total. The van der Waals surface area contributed by atoms with E-state index in [0.717, 1.165) is 10.1 Å². The van der Waals surface area contributed by atoms with Crippen molar-refractivity contribution in [3.8, 4) is 0 Å². The summed E-state index contributed by atoms with van der Waals surface area (Å²) in [6, 6.07) is 11.4. The van der Waals surface area contributed by atoms with E-state index in [-0.39, 0.29) is 0 Å². The van der Waals surface area contributed by atoms with Crippen molar-refractivity contribution in [1.29, 1.82) is 0 Å². The summed E-state index contributed by atoms with van der Waals surface area (Å²) in [4.78, 5) is 18.2. The van der Waals surface area contributed by atoms with Crippen molar-refractivity contribution in [3.63, 3.8) is 0 Å². The Morgan fingerprint density at radius 2 is 1.92 bits per heavy atom. The Bertz CT molecular complexity index is 766. The third-order valence-corrected chi connectivity index (χ3v) is 4.26. The number of hydrogen-bond donors (Lipinski definition) is 3. The highest BCUT2D eigenvalue weighted by Crippen LogP contribution is 2.28. The first-order valence-electron chi connectivity index (χ1n) is 7.98. The van der Waals surface area contributed by atoms with E-state index in [1.807, 2.05) is 42.3 Å². The second-order valence-corrected chi connectivity index (χ2v) is 6.05. The van der Waals surface area contributed by atoms with Crippen LogP contribution in [0.15, 0.2) is 47.4 Å². The van der Waals surface area contributed by atoms with Gasteiger partial charge in [0, 0.05) is 19.8 Å². The first kappa shape index (κ1) is 17.6. The smallest absolute Gasteiger partial charge is 0.351 e. The van der Waals surface area contributed by atoms with Gasteiger partial charge in [0.25, 0.3) is 0 Å². The van der Waals surface area contributed by atoms with Gasteiger partial charge in [-0.15, -0.1) is 0 Å². The molecule has 8 heteroatoms. The van der Waals surface area contributed by atoms with E-state index in [4.69, 9.17) is 9.84 Å². The molecular weight excluding hydrogens is 326 g/mol. The number of aromatic nitrogens is 2. The largest absolute Gasteiger partial charge is 0.394 e. The van der Waals surface area contributed by atoms with Crippen molar-refractivity contribution in [2.45, 2.75) is 31.1 Å². The molecule has 1 aromatic heterocycles. The summed E-state index contributed by atoms with van der Waals surface area (Å²) in [5.74, 6) is 0.483. The molecular formula is C17H21N3O5. The van der Waals surface area contributed by atoms with Crippen molar-refractivity contribution in [2.24, 2.45) is 0 Å². The van der Waals surface area contributed by atoms with Crippen molar-refractivity contribution >= 4 is 5.82 Å². The summed E-state index contributed by atoms with van der Waals surface area (Å²) in [5.41, 5.74) is 0.478. The van der Waals surface area contributed by atoms with Gasteiger partial charge in [-0.3, -0.25) is 4.57 Å². The van der Waals surface area contributed by atoms with Crippen LogP contribution in [0.4, 0.5) is 5.82 Å². The molecule has 0 unspecified atom stereocenters. The van der Waals surface area contributed by atoms with E-state index in [9.17, 15) is 15.0 Å². The number of hydrogen-bond acceptors (Lipinski definition) is 7. The Morgan fingerprint density at radius 3 is 2.52 bits per heavy atom. The van der Waals surface area contributed by atoms with Crippen LogP contribution in [0.2, 0.25) is 0 Å². The summed E-state index contributed by atoms with van der Waals surface area (Å²) in [6.07, 6.45) is -3.13. The molecule has 0 saturated carbocycles. The third kappa shape index (κ3) is 3.57. The first-order valence-corrected chi connectivity index (χ1v) is 7.98. The van der Waals surface area contributed by atoms with Gasteiger partial charge in [-0.1, -0.05) is 30.3 Å². The predicted octanol–water partition coefficient (Wildman–Crippen LogP) is -0.509. The summed E-state index contributed by atoms with van der Waals surface area (Å²) < 4.78 is 6.47. The maximum absolute atomic E-state index is 12.3. The Labute approximate surface area is 144 Å². The van der Waals surface area contributed by atoms with Gasteiger partial charge in [0.05, 0.1) is 6.61 Å². The zero-order valence-electron chi connectivity index (χ0n) is 13.8. The number of aliphatic hydroxyl groups excluding tert-OH is 3. The van der Waals surface area contributed by atoms with Gasteiger partial charge in [-0.05, 0) is 11.6 Å². The van der Waals surface area contributed by atoms with Gasteiger partial charge in [0.1, 0.15) is 24.1 Å². The molecule has 1 saturated heterocycles. The normalized spacial score (nSPS) is 25.9. The van der Waals surface area contributed by atoms with Crippen molar-refractivity contribution in [3.05, 3.63) is 58.6 Å². The van der Waals surface area contributed by atoms with Crippen molar-refractivity contribution in [2.75, 3.05) is 18.6 Å². The van der Waals surface area contributed by atoms with E-state index >= 15 is 0 Å². The van der Waals surface area contributed by atoms with E-state index < -0.39 is 36.8 Å². The summed E-state index contributed by atoms with van der Waals surface area (Å²) in [5, 5.41) is 29.0. The highest BCUT2D eigenvalue weighted by molar-refractivity contribution is 5.37. The molecule has 134 valence electrons. The minimum absolute atomic E-state index is 0.450. The Morgan fingerprint density at radius 1 is 1.20 bits per heavy atom. The Balaban J connectivity index is 1.78. The molecule has 25 heavy (non-hydrogen) atoms. The van der Waals surface area contributed by atoms with Crippen LogP contribution >= 0.6 is 0 Å². The van der Waals surface area contributed by atoms with Gasteiger partial charge < -0.3 is 25.0 Å². The minimum atomic E-state index is -1.32. The van der Waals surface area contributed by atoms with Gasteiger partial charge in [0.2, 0.25) is 0 Å². The molecule has 1 fully saturated rings. The topological polar surface area (TPSA) is 108 Å². The molecule has 4 atom stereocenters. The number of anilines is 1. The molecule has 2 heterocycles. The van der Waals surface area contributed by atoms with Crippen LogP contribution in [-0.4, -0.2) is 56.8 Å². The van der Waals surface area contributed by atoms with Crippen LogP contribution in [0, 0.1) is 0 Å². The van der Waals surface area contributed by atoms with Gasteiger partial charge in [0.15, 0.2) is 6.23 Å². The van der Waals surface area contributed by atoms with Crippen molar-refractivity contribution in [1.82, 2.24) is 9.55 Å². The minimum Gasteiger partial charge on any atom is -0.394 e. The molecule has 3 rings (SSSR count). The number of ether oxygens (including phenoxy) is 1. The molecule has 0 spiro atoms. The molecule has 1 aromatic carbocycles.